The van der Waals surface area contributed by atoms with Crippen molar-refractivity contribution in [1.82, 2.24) is 14.8 Å². The molecule has 25 heavy (non-hydrogen) atoms. The minimum Gasteiger partial charge on any atom is -0.508 e. The minimum atomic E-state index is -2.68. The van der Waals surface area contributed by atoms with Crippen molar-refractivity contribution in [3.05, 3.63) is 47.4 Å². The molecule has 0 spiro atoms. The van der Waals surface area contributed by atoms with Crippen LogP contribution in [0.3, 0.4) is 0 Å². The van der Waals surface area contributed by atoms with Crippen LogP contribution < -0.4 is 4.90 Å². The maximum absolute atomic E-state index is 13.7. The van der Waals surface area contributed by atoms with Crippen LogP contribution in [-0.2, 0) is 6.54 Å². The third-order valence-corrected chi connectivity index (χ3v) is 4.71. The van der Waals surface area contributed by atoms with Gasteiger partial charge in [0.1, 0.15) is 11.6 Å². The zero-order valence-corrected chi connectivity index (χ0v) is 14.6. The number of alkyl halides is 2. The molecule has 3 rings (SSSR count). The molecule has 1 unspecified atom stereocenters. The summed E-state index contributed by atoms with van der Waals surface area (Å²) in [6.45, 7) is 9.24. The Balaban J connectivity index is 1.79. The lowest BCUT2D eigenvalue weighted by molar-refractivity contribution is -0.0138. The second-order valence-electron chi connectivity index (χ2n) is 6.73. The molecule has 3 heterocycles. The van der Waals surface area contributed by atoms with E-state index in [2.05, 4.69) is 16.7 Å². The summed E-state index contributed by atoms with van der Waals surface area (Å²) in [5.41, 5.74) is 3.02. The summed E-state index contributed by atoms with van der Waals surface area (Å²) in [6.07, 6.45) is 1.73. The van der Waals surface area contributed by atoms with E-state index in [9.17, 15) is 13.9 Å². The lowest BCUT2D eigenvalue weighted by Gasteiger charge is -2.18. The van der Waals surface area contributed by atoms with Crippen LogP contribution in [0.4, 0.5) is 14.6 Å². The van der Waals surface area contributed by atoms with E-state index < -0.39 is 11.8 Å². The number of aliphatic hydroxyl groups is 1. The molecule has 0 bridgehead atoms. The summed E-state index contributed by atoms with van der Waals surface area (Å²) in [7, 11) is 0. The monoisotopic (exact) mass is 348 g/mol. The Morgan fingerprint density at radius 2 is 2.08 bits per heavy atom. The zero-order valence-electron chi connectivity index (χ0n) is 14.6. The van der Waals surface area contributed by atoms with Gasteiger partial charge in [-0.3, -0.25) is 4.68 Å². The predicted molar refractivity (Wildman–Crippen MR) is 93.0 cm³/mol. The zero-order chi connectivity index (χ0) is 18.4. The first-order valence-corrected chi connectivity index (χ1v) is 8.19. The third-order valence-electron chi connectivity index (χ3n) is 4.71. The first kappa shape index (κ1) is 17.4. The Bertz CT molecular complexity index is 815. The van der Waals surface area contributed by atoms with Crippen molar-refractivity contribution in [1.29, 1.82) is 0 Å². The first-order chi connectivity index (χ1) is 11.7. The maximum Gasteiger partial charge on any atom is 0.269 e. The van der Waals surface area contributed by atoms with Crippen molar-refractivity contribution in [2.45, 2.75) is 33.2 Å². The number of nitrogens with zero attached hydrogens (tertiary/aromatic N) is 4. The van der Waals surface area contributed by atoms with Gasteiger partial charge in [-0.25, -0.2) is 13.8 Å². The van der Waals surface area contributed by atoms with E-state index in [1.807, 2.05) is 13.0 Å². The number of anilines is 1. The molecule has 1 saturated heterocycles. The molecule has 0 amide bonds. The van der Waals surface area contributed by atoms with Crippen LogP contribution in [-0.4, -0.2) is 38.9 Å². The van der Waals surface area contributed by atoms with Crippen LogP contribution in [0.25, 0.3) is 5.76 Å². The van der Waals surface area contributed by atoms with Crippen molar-refractivity contribution in [2.75, 3.05) is 18.0 Å². The van der Waals surface area contributed by atoms with Crippen LogP contribution in [0.5, 0.6) is 0 Å². The number of rotatable bonds is 4. The second kappa shape index (κ2) is 6.13. The average Bonchev–Trinajstić information content (AvgIpc) is 3.01. The van der Waals surface area contributed by atoms with E-state index in [1.54, 1.807) is 35.7 Å². The van der Waals surface area contributed by atoms with Crippen molar-refractivity contribution in [3.8, 4) is 0 Å². The highest BCUT2D eigenvalue weighted by Gasteiger charge is 2.45. The van der Waals surface area contributed by atoms with Crippen molar-refractivity contribution in [3.63, 3.8) is 0 Å². The number of aryl methyl sites for hydroxylation is 2. The minimum absolute atomic E-state index is 0.0157. The van der Waals surface area contributed by atoms with E-state index in [4.69, 9.17) is 0 Å². The summed E-state index contributed by atoms with van der Waals surface area (Å²) < 4.78 is 29.2. The fraction of sp³-hybridized carbons (Fsp3) is 0.444. The SMILES string of the molecule is C=C(O)c1cn(Cc2ccc(N3CC(C)C(F)(F)C3)nc2C)nc1C. The first-order valence-electron chi connectivity index (χ1n) is 8.19. The molecule has 1 atom stereocenters. The molecular weight excluding hydrogens is 326 g/mol. The molecule has 1 aliphatic rings. The third kappa shape index (κ3) is 3.36. The van der Waals surface area contributed by atoms with Gasteiger partial charge in [-0.15, -0.1) is 0 Å². The number of aromatic nitrogens is 3. The highest BCUT2D eigenvalue weighted by atomic mass is 19.3. The van der Waals surface area contributed by atoms with Gasteiger partial charge in [0.2, 0.25) is 0 Å². The van der Waals surface area contributed by atoms with Gasteiger partial charge in [0.05, 0.1) is 24.3 Å². The van der Waals surface area contributed by atoms with E-state index in [-0.39, 0.29) is 12.3 Å². The van der Waals surface area contributed by atoms with E-state index in [0.717, 1.165) is 11.3 Å². The summed E-state index contributed by atoms with van der Waals surface area (Å²) in [5, 5.41) is 13.9. The number of aliphatic hydroxyl groups excluding tert-OH is 1. The van der Waals surface area contributed by atoms with E-state index >= 15 is 0 Å². The molecule has 7 heteroatoms. The molecule has 2 aromatic heterocycles. The van der Waals surface area contributed by atoms with Gasteiger partial charge in [-0.1, -0.05) is 19.6 Å². The molecule has 0 saturated carbocycles. The molecule has 0 aromatic carbocycles. The molecule has 1 aliphatic heterocycles. The van der Waals surface area contributed by atoms with Gasteiger partial charge >= 0.3 is 0 Å². The van der Waals surface area contributed by atoms with Gasteiger partial charge in [-0.05, 0) is 25.5 Å². The molecule has 5 nitrogen and oxygen atoms in total. The molecule has 0 radical (unpaired) electrons. The fourth-order valence-corrected chi connectivity index (χ4v) is 3.09. The largest absolute Gasteiger partial charge is 0.508 e. The predicted octanol–water partition coefficient (Wildman–Crippen LogP) is 3.56. The van der Waals surface area contributed by atoms with Crippen LogP contribution >= 0.6 is 0 Å². The van der Waals surface area contributed by atoms with Gasteiger partial charge in [0.25, 0.3) is 5.92 Å². The molecule has 1 fully saturated rings. The Morgan fingerprint density at radius 3 is 2.60 bits per heavy atom. The molecule has 1 N–H and O–H groups in total. The number of hydrogen-bond acceptors (Lipinski definition) is 4. The lowest BCUT2D eigenvalue weighted by atomic mass is 10.1. The van der Waals surface area contributed by atoms with Crippen molar-refractivity contribution in [2.24, 2.45) is 5.92 Å². The Labute approximate surface area is 145 Å². The summed E-state index contributed by atoms with van der Waals surface area (Å²) in [6, 6.07) is 3.67. The molecule has 134 valence electrons. The average molecular weight is 348 g/mol. The summed E-state index contributed by atoms with van der Waals surface area (Å²) >= 11 is 0. The number of pyridine rings is 1. The van der Waals surface area contributed by atoms with Crippen molar-refractivity contribution < 1.29 is 13.9 Å². The van der Waals surface area contributed by atoms with Gasteiger partial charge < -0.3 is 10.0 Å². The topological polar surface area (TPSA) is 54.2 Å². The van der Waals surface area contributed by atoms with Crippen LogP contribution in [0.15, 0.2) is 24.9 Å². The summed E-state index contributed by atoms with van der Waals surface area (Å²) in [4.78, 5) is 6.13. The highest BCUT2D eigenvalue weighted by molar-refractivity contribution is 5.57. The fourth-order valence-electron chi connectivity index (χ4n) is 3.09. The van der Waals surface area contributed by atoms with Gasteiger partial charge in [0.15, 0.2) is 0 Å². The van der Waals surface area contributed by atoms with Gasteiger partial charge in [-0.2, -0.15) is 5.10 Å². The smallest absolute Gasteiger partial charge is 0.269 e. The molecule has 0 aliphatic carbocycles. The summed E-state index contributed by atoms with van der Waals surface area (Å²) in [5.74, 6) is -2.79. The molecular formula is C18H22F2N4O. The maximum atomic E-state index is 13.7. The Kier molecular flexibility index (Phi) is 4.26. The van der Waals surface area contributed by atoms with Crippen LogP contribution in [0.1, 0.15) is 29.4 Å². The van der Waals surface area contributed by atoms with Crippen LogP contribution in [0, 0.1) is 19.8 Å². The number of hydrogen-bond donors (Lipinski definition) is 1. The highest BCUT2D eigenvalue weighted by Crippen LogP contribution is 2.35. The van der Waals surface area contributed by atoms with E-state index in [0.29, 0.717) is 30.2 Å². The van der Waals surface area contributed by atoms with Crippen LogP contribution in [0.2, 0.25) is 0 Å². The van der Waals surface area contributed by atoms with Gasteiger partial charge in [0, 0.05) is 24.4 Å². The quantitative estimate of drug-likeness (QED) is 0.859. The Morgan fingerprint density at radius 1 is 1.36 bits per heavy atom. The number of halogens is 2. The molecule has 2 aromatic rings. The van der Waals surface area contributed by atoms with E-state index in [1.165, 1.54) is 0 Å². The Hall–Kier alpha value is -2.44. The van der Waals surface area contributed by atoms with Crippen molar-refractivity contribution >= 4 is 11.6 Å². The standard InChI is InChI=1S/C18H22F2N4O/c1-11-7-23(10-18(11,19)20)17-6-5-15(12(2)21-17)8-24-9-16(14(4)25)13(3)22-24/h5-6,9,11,25H,4,7-8,10H2,1-3H3. The lowest BCUT2D eigenvalue weighted by Crippen LogP contribution is -2.27. The normalized spacial score (nSPS) is 19.4. The second-order valence-corrected chi connectivity index (χ2v) is 6.73.